The van der Waals surface area contributed by atoms with Gasteiger partial charge >= 0.3 is 11.4 Å². The van der Waals surface area contributed by atoms with Gasteiger partial charge in [-0.15, -0.1) is 0 Å². The van der Waals surface area contributed by atoms with Gasteiger partial charge in [-0.05, 0) is 5.41 Å². The van der Waals surface area contributed by atoms with Gasteiger partial charge in [0.05, 0.1) is 14.0 Å². The minimum absolute atomic E-state index is 0.138. The molecule has 0 saturated heterocycles. The Morgan fingerprint density at radius 3 is 1.92 bits per heavy atom. The molecule has 5 nitrogen and oxygen atoms in total. The van der Waals surface area contributed by atoms with Crippen LogP contribution in [0.2, 0.25) is 0 Å². The second-order valence-corrected chi connectivity index (χ2v) is 7.32. The smallest absolute Gasteiger partial charge is 0.485 e. The second-order valence-electron chi connectivity index (χ2n) is 5.95. The van der Waals surface area contributed by atoms with Crippen molar-refractivity contribution in [2.75, 3.05) is 14.2 Å². The Morgan fingerprint density at radius 1 is 1.17 bits per heavy atom. The van der Waals surface area contributed by atoms with E-state index in [9.17, 15) is 13.2 Å². The van der Waals surface area contributed by atoms with Crippen molar-refractivity contribution in [3.05, 3.63) is 29.8 Å². The van der Waals surface area contributed by atoms with Gasteiger partial charge in [0.2, 0.25) is 5.69 Å². The molecule has 0 radical (unpaired) electrons. The van der Waals surface area contributed by atoms with Gasteiger partial charge in [0.15, 0.2) is 10.1 Å². The third-order valence-corrected chi connectivity index (χ3v) is 3.69. The summed E-state index contributed by atoms with van der Waals surface area (Å²) < 4.78 is 66.3. The summed E-state index contributed by atoms with van der Waals surface area (Å²) in [7, 11) is -2.36. The highest BCUT2D eigenvalue weighted by Gasteiger charge is 2.36. The monoisotopic (exact) mass is 369 g/mol. The van der Waals surface area contributed by atoms with Gasteiger partial charge in [0, 0.05) is 11.6 Å². The molecule has 0 saturated carbocycles. The zero-order chi connectivity index (χ0) is 19.3. The molecule has 0 bridgehead atoms. The van der Waals surface area contributed by atoms with Gasteiger partial charge in [-0.2, -0.15) is 17.7 Å². The Labute approximate surface area is 140 Å². The second kappa shape index (κ2) is 7.98. The summed E-state index contributed by atoms with van der Waals surface area (Å²) in [6.45, 7) is 8.64. The lowest BCUT2D eigenvalue weighted by atomic mass is 9.86. The molecule has 0 fully saturated rings. The fraction of sp³-hybridized carbons (Fsp3) is 0.533. The molecule has 1 aromatic rings. The van der Waals surface area contributed by atoms with E-state index in [1.807, 2.05) is 14.0 Å². The Morgan fingerprint density at radius 2 is 1.58 bits per heavy atom. The minimum Gasteiger partial charge on any atom is -0.741 e. The molecule has 0 aromatic heterocycles. The first kappa shape index (κ1) is 22.4. The Bertz CT molecular complexity index is 689. The van der Waals surface area contributed by atoms with Crippen molar-refractivity contribution in [3.8, 4) is 0 Å². The number of alkyl halides is 3. The van der Waals surface area contributed by atoms with Gasteiger partial charge in [0.1, 0.15) is 7.05 Å². The van der Waals surface area contributed by atoms with Crippen molar-refractivity contribution >= 4 is 21.7 Å². The van der Waals surface area contributed by atoms with E-state index in [1.54, 1.807) is 7.11 Å². The van der Waals surface area contributed by atoms with Gasteiger partial charge in [-0.1, -0.05) is 39.0 Å². The molecule has 0 heterocycles. The highest BCUT2D eigenvalue weighted by molar-refractivity contribution is 7.86. The molecule has 0 unspecified atom stereocenters. The van der Waals surface area contributed by atoms with Crippen molar-refractivity contribution in [3.63, 3.8) is 0 Å². The van der Waals surface area contributed by atoms with E-state index in [-0.39, 0.29) is 5.41 Å². The summed E-state index contributed by atoms with van der Waals surface area (Å²) in [5, 5.41) is 0. The van der Waals surface area contributed by atoms with E-state index in [0.29, 0.717) is 0 Å². The average molecular weight is 369 g/mol. The van der Waals surface area contributed by atoms with Gasteiger partial charge < -0.3 is 9.29 Å². The average Bonchev–Trinajstić information content (AvgIpc) is 2.43. The number of hydrogen-bond acceptors (Lipinski definition) is 4. The van der Waals surface area contributed by atoms with E-state index in [0.717, 1.165) is 5.90 Å². The first-order chi connectivity index (χ1) is 10.6. The minimum atomic E-state index is -6.09. The Balaban J connectivity index is 0.000000561. The van der Waals surface area contributed by atoms with Crippen LogP contribution in [0.25, 0.3) is 0 Å². The topological polar surface area (TPSA) is 69.4 Å². The van der Waals surface area contributed by atoms with Crippen molar-refractivity contribution in [1.29, 1.82) is 0 Å². The molecule has 1 aromatic carbocycles. The van der Waals surface area contributed by atoms with Crippen LogP contribution in [0.5, 0.6) is 0 Å². The lowest BCUT2D eigenvalue weighted by Crippen LogP contribution is -2.21. The number of methoxy groups -OCH3 is 1. The van der Waals surface area contributed by atoms with Crippen molar-refractivity contribution < 1.29 is 35.5 Å². The van der Waals surface area contributed by atoms with Crippen LogP contribution < -0.4 is 0 Å². The van der Waals surface area contributed by atoms with E-state index in [1.165, 1.54) is 11.3 Å². The Kier molecular flexibility index (Phi) is 7.44. The summed E-state index contributed by atoms with van der Waals surface area (Å²) in [6.07, 6.45) is 0. The van der Waals surface area contributed by atoms with Gasteiger partial charge in [-0.25, -0.2) is 8.42 Å². The number of benzene rings is 1. The fourth-order valence-electron chi connectivity index (χ4n) is 1.71. The normalized spacial score (nSPS) is 13.6. The van der Waals surface area contributed by atoms with Crippen LogP contribution in [0.15, 0.2) is 24.3 Å². The molecule has 0 aliphatic rings. The highest BCUT2D eigenvalue weighted by atomic mass is 32.2. The lowest BCUT2D eigenvalue weighted by molar-refractivity contribution is -0.417. The number of hydrogen-bond donors (Lipinski definition) is 0. The first-order valence-corrected chi connectivity index (χ1v) is 8.26. The van der Waals surface area contributed by atoms with Gasteiger partial charge in [0.25, 0.3) is 0 Å². The third kappa shape index (κ3) is 6.48. The molecule has 9 heteroatoms. The van der Waals surface area contributed by atoms with Crippen LogP contribution in [0.1, 0.15) is 33.3 Å². The predicted molar refractivity (Wildman–Crippen MR) is 84.4 cm³/mol. The molecule has 0 aliphatic heterocycles. The van der Waals surface area contributed by atoms with E-state index in [2.05, 4.69) is 49.6 Å². The maximum Gasteiger partial charge on any atom is 0.485 e. The molecular weight excluding hydrogens is 347 g/mol. The SMILES string of the molecule is COC(C)=[N+](C)c1ccccc1C(C)(C)C.O=S(=O)([O-])C(F)(F)F. The quantitative estimate of drug-likeness (QED) is 0.250. The largest absolute Gasteiger partial charge is 0.741 e. The van der Waals surface area contributed by atoms with E-state index in [4.69, 9.17) is 17.7 Å². The fourth-order valence-corrected chi connectivity index (χ4v) is 1.71. The summed E-state index contributed by atoms with van der Waals surface area (Å²) in [4.78, 5) is 0. The third-order valence-electron chi connectivity index (χ3n) is 3.12. The Hall–Kier alpha value is -1.61. The van der Waals surface area contributed by atoms with Crippen LogP contribution in [0.4, 0.5) is 18.9 Å². The summed E-state index contributed by atoms with van der Waals surface area (Å²) in [5.41, 5.74) is -2.98. The molecule has 1 rings (SSSR count). The van der Waals surface area contributed by atoms with Gasteiger partial charge in [-0.3, -0.25) is 0 Å². The molecule has 24 heavy (non-hydrogen) atoms. The standard InChI is InChI=1S/C14H22NO.CHF3O3S/c1-11(16-6)15(5)13-10-8-7-9-12(13)14(2,3)4;2-1(3,4)8(5,6)7/h7-10H,1-6H3;(H,5,6,7)/q+1;/p-1. The maximum atomic E-state index is 10.7. The van der Waals surface area contributed by atoms with Crippen molar-refractivity contribution in [1.82, 2.24) is 0 Å². The maximum absolute atomic E-state index is 10.7. The van der Waals surface area contributed by atoms with Crippen LogP contribution >= 0.6 is 0 Å². The predicted octanol–water partition coefficient (Wildman–Crippen LogP) is 3.37. The number of para-hydroxylation sites is 1. The van der Waals surface area contributed by atoms with Crippen LogP contribution in [0.3, 0.4) is 0 Å². The summed E-state index contributed by atoms with van der Waals surface area (Å²) >= 11 is 0. The molecule has 0 atom stereocenters. The van der Waals surface area contributed by atoms with Crippen LogP contribution in [-0.4, -0.2) is 43.1 Å². The molecule has 0 aliphatic carbocycles. The molecule has 0 spiro atoms. The molecular formula is C15H22F3NO4S. The van der Waals surface area contributed by atoms with E-state index < -0.39 is 15.6 Å². The number of rotatable bonds is 1. The number of halogens is 3. The molecule has 0 amide bonds. The number of nitrogens with zero attached hydrogens (tertiary/aromatic N) is 1. The van der Waals surface area contributed by atoms with E-state index >= 15 is 0 Å². The highest BCUT2D eigenvalue weighted by Crippen LogP contribution is 2.30. The zero-order valence-electron chi connectivity index (χ0n) is 14.4. The van der Waals surface area contributed by atoms with Crippen molar-refractivity contribution in [2.45, 2.75) is 38.6 Å². The first-order valence-electron chi connectivity index (χ1n) is 6.86. The lowest BCUT2D eigenvalue weighted by Gasteiger charge is -2.20. The van der Waals surface area contributed by atoms with Crippen LogP contribution in [-0.2, 0) is 20.3 Å². The summed E-state index contributed by atoms with van der Waals surface area (Å²) in [6, 6.07) is 8.45. The van der Waals surface area contributed by atoms with Crippen molar-refractivity contribution in [2.24, 2.45) is 0 Å². The zero-order valence-corrected chi connectivity index (χ0v) is 15.2. The summed E-state index contributed by atoms with van der Waals surface area (Å²) in [5.74, 6) is 0.900. The van der Waals surface area contributed by atoms with Crippen LogP contribution in [0, 0.1) is 0 Å². The number of ether oxygens (including phenoxy) is 1. The molecule has 0 N–H and O–H groups in total. The molecule has 138 valence electrons.